The molecule has 260 valence electrons. The number of nitrogens with zero attached hydrogens (tertiary/aromatic N) is 1. The van der Waals surface area contributed by atoms with Gasteiger partial charge in [-0.15, -0.1) is 0 Å². The molecule has 8 heteroatoms. The summed E-state index contributed by atoms with van der Waals surface area (Å²) in [6, 6.07) is 0. The van der Waals surface area contributed by atoms with Gasteiger partial charge in [0, 0.05) is 30.3 Å². The summed E-state index contributed by atoms with van der Waals surface area (Å²) in [6.45, 7) is 7.44. The van der Waals surface area contributed by atoms with Crippen LogP contribution in [-0.2, 0) is 14.4 Å². The zero-order chi connectivity index (χ0) is 25.5. The molecule has 0 radical (unpaired) electrons. The molecule has 2 aliphatic carbocycles. The third-order valence-electron chi connectivity index (χ3n) is 8.29. The van der Waals surface area contributed by atoms with Crippen molar-refractivity contribution in [3.05, 3.63) is 0 Å². The fourth-order valence-electron chi connectivity index (χ4n) is 6.26. The zero-order valence-corrected chi connectivity index (χ0v) is 21.9. The minimum Gasteiger partial charge on any atom is -0.395 e. The Bertz CT molecular complexity index is 697. The van der Waals surface area contributed by atoms with Gasteiger partial charge in [-0.1, -0.05) is 80.2 Å². The number of carbonyl (C=O) groups is 3. The first-order valence-electron chi connectivity index (χ1n) is 13.1. The lowest BCUT2D eigenvalue weighted by Gasteiger charge is -2.33. The van der Waals surface area contributed by atoms with Gasteiger partial charge < -0.3 is 26.4 Å². The smallest absolute Gasteiger partial charge is 0.225 e. The van der Waals surface area contributed by atoms with Crippen molar-refractivity contribution in [2.45, 2.75) is 125 Å². The van der Waals surface area contributed by atoms with Crippen molar-refractivity contribution in [2.24, 2.45) is 46.7 Å². The van der Waals surface area contributed by atoms with Gasteiger partial charge >= 0.3 is 0 Å². The Kier molecular flexibility index (Phi) is 34.5. The number of nitrogens with two attached hydrogens (primary N) is 1. The number of fused-ring (bicyclic) bond motifs is 2. The lowest BCUT2D eigenvalue weighted by molar-refractivity contribution is -0.133. The number of hydrogen-bond donors (Lipinski definition) is 4. The highest BCUT2D eigenvalue weighted by atomic mass is 16.3. The van der Waals surface area contributed by atoms with E-state index in [1.165, 1.54) is 19.3 Å². The standard InChI is InChI=1S/C26H48N4O4.8CH4/c1-17-18-7-8-19(13-18)22(17)15-20(23(27)32)14-21(24(33)28-10-12-31)16-26(2,3)25(34)29-9-6-11-30(4)5;;;;;;;;/h17-22,31H,6-16H2,1-5H3,(H2,27,32)(H,28,33)(H,29,34);8*1H4. The summed E-state index contributed by atoms with van der Waals surface area (Å²) in [4.78, 5) is 40.5. The molecular weight excluding hydrogens is 528 g/mol. The molecule has 0 aromatic rings. The maximum Gasteiger partial charge on any atom is 0.225 e. The molecule has 3 amide bonds. The second kappa shape index (κ2) is 25.8. The summed E-state index contributed by atoms with van der Waals surface area (Å²) >= 11 is 0. The second-order valence-electron chi connectivity index (χ2n) is 11.6. The molecule has 6 atom stereocenters. The van der Waals surface area contributed by atoms with E-state index in [4.69, 9.17) is 5.73 Å². The van der Waals surface area contributed by atoms with Crippen LogP contribution < -0.4 is 16.4 Å². The van der Waals surface area contributed by atoms with E-state index in [1.54, 1.807) is 0 Å². The molecule has 0 aromatic heterocycles. The first-order valence-corrected chi connectivity index (χ1v) is 13.1. The highest BCUT2D eigenvalue weighted by Crippen LogP contribution is 2.54. The molecule has 8 nitrogen and oxygen atoms in total. The summed E-state index contributed by atoms with van der Waals surface area (Å²) in [7, 11) is 3.99. The van der Waals surface area contributed by atoms with E-state index in [2.05, 4.69) is 22.5 Å². The molecule has 6 unspecified atom stereocenters. The van der Waals surface area contributed by atoms with Crippen LogP contribution in [0.1, 0.15) is 125 Å². The summed E-state index contributed by atoms with van der Waals surface area (Å²) in [5.74, 6) is 0.877. The summed E-state index contributed by atoms with van der Waals surface area (Å²) in [5.41, 5.74) is 5.07. The minimum atomic E-state index is -0.777. The topological polar surface area (TPSA) is 125 Å². The van der Waals surface area contributed by atoms with Crippen LogP contribution in [0.4, 0.5) is 0 Å². The summed E-state index contributed by atoms with van der Waals surface area (Å²) in [6.07, 6.45) is 5.99. The van der Waals surface area contributed by atoms with Crippen molar-refractivity contribution < 1.29 is 19.5 Å². The molecule has 0 heterocycles. The first kappa shape index (κ1) is 56.2. The average molecular weight is 609 g/mol. The Labute approximate surface area is 264 Å². The normalized spacial score (nSPS) is 20.9. The first-order chi connectivity index (χ1) is 16.0. The molecule has 42 heavy (non-hydrogen) atoms. The van der Waals surface area contributed by atoms with Gasteiger partial charge in [0.25, 0.3) is 0 Å². The van der Waals surface area contributed by atoms with Crippen LogP contribution in [0.25, 0.3) is 0 Å². The molecular formula is C34H80N4O4. The highest BCUT2D eigenvalue weighted by Gasteiger charge is 2.46. The Balaban J connectivity index is -0.000000306. The Morgan fingerprint density at radius 3 is 1.90 bits per heavy atom. The van der Waals surface area contributed by atoms with Gasteiger partial charge in [0.05, 0.1) is 6.61 Å². The molecule has 2 rings (SSSR count). The van der Waals surface area contributed by atoms with E-state index in [-0.39, 0.29) is 90.3 Å². The Hall–Kier alpha value is -1.67. The lowest BCUT2D eigenvalue weighted by atomic mass is 9.72. The third kappa shape index (κ3) is 16.3. The Morgan fingerprint density at radius 2 is 1.45 bits per heavy atom. The van der Waals surface area contributed by atoms with Crippen molar-refractivity contribution in [1.82, 2.24) is 15.5 Å². The Morgan fingerprint density at radius 1 is 0.905 bits per heavy atom. The third-order valence-corrected chi connectivity index (χ3v) is 8.29. The van der Waals surface area contributed by atoms with Gasteiger partial charge in [0.1, 0.15) is 0 Å². The molecule has 0 spiro atoms. The molecule has 0 aliphatic heterocycles. The number of rotatable bonds is 15. The van der Waals surface area contributed by atoms with Crippen LogP contribution in [0.5, 0.6) is 0 Å². The molecule has 2 bridgehead atoms. The predicted molar refractivity (Wildman–Crippen MR) is 187 cm³/mol. The van der Waals surface area contributed by atoms with Gasteiger partial charge in [-0.25, -0.2) is 0 Å². The maximum atomic E-state index is 13.0. The van der Waals surface area contributed by atoms with E-state index in [0.29, 0.717) is 37.1 Å². The van der Waals surface area contributed by atoms with Crippen molar-refractivity contribution >= 4 is 17.7 Å². The number of aliphatic hydroxyl groups is 1. The van der Waals surface area contributed by atoms with Crippen LogP contribution in [-0.4, -0.2) is 68.1 Å². The highest BCUT2D eigenvalue weighted by molar-refractivity contribution is 5.84. The van der Waals surface area contributed by atoms with Crippen LogP contribution in [0.15, 0.2) is 0 Å². The SMILES string of the molecule is C.C.C.C.C.C.C.C.CC1C2CCC(C2)C1CC(CC(CC(C)(C)C(=O)NCCCN(C)C)C(=O)NCCO)C(N)=O. The second-order valence-corrected chi connectivity index (χ2v) is 11.6. The summed E-state index contributed by atoms with van der Waals surface area (Å²) in [5, 5.41) is 14.9. The van der Waals surface area contributed by atoms with Crippen LogP contribution in [0.2, 0.25) is 0 Å². The molecule has 0 aromatic carbocycles. The monoisotopic (exact) mass is 609 g/mol. The number of hydrogen-bond acceptors (Lipinski definition) is 5. The van der Waals surface area contributed by atoms with Crippen molar-refractivity contribution in [3.63, 3.8) is 0 Å². The predicted octanol–water partition coefficient (Wildman–Crippen LogP) is 6.85. The van der Waals surface area contributed by atoms with E-state index >= 15 is 0 Å². The van der Waals surface area contributed by atoms with Crippen molar-refractivity contribution in [1.29, 1.82) is 0 Å². The van der Waals surface area contributed by atoms with E-state index < -0.39 is 17.3 Å². The lowest BCUT2D eigenvalue weighted by Crippen LogP contribution is -2.43. The average Bonchev–Trinajstić information content (AvgIpc) is 3.35. The van der Waals surface area contributed by atoms with Gasteiger partial charge in [-0.2, -0.15) is 0 Å². The van der Waals surface area contributed by atoms with Gasteiger partial charge in [0.2, 0.25) is 17.7 Å². The van der Waals surface area contributed by atoms with Crippen LogP contribution in [0, 0.1) is 40.9 Å². The van der Waals surface area contributed by atoms with Gasteiger partial charge in [-0.05, 0) is 89.3 Å². The van der Waals surface area contributed by atoms with E-state index in [0.717, 1.165) is 25.3 Å². The number of aliphatic hydroxyl groups excluding tert-OH is 1. The molecule has 2 fully saturated rings. The quantitative estimate of drug-likeness (QED) is 0.151. The van der Waals surface area contributed by atoms with Gasteiger partial charge in [-0.3, -0.25) is 14.4 Å². The van der Waals surface area contributed by atoms with Crippen molar-refractivity contribution in [3.8, 4) is 0 Å². The van der Waals surface area contributed by atoms with E-state index in [1.807, 2.05) is 27.9 Å². The fourth-order valence-corrected chi connectivity index (χ4v) is 6.26. The maximum absolute atomic E-state index is 13.0. The molecule has 2 saturated carbocycles. The molecule has 2 aliphatic rings. The molecule has 5 N–H and O–H groups in total. The van der Waals surface area contributed by atoms with Crippen LogP contribution >= 0.6 is 0 Å². The number of nitrogens with one attached hydrogen (secondary N) is 2. The number of carbonyl (C=O) groups excluding carboxylic acids is 3. The zero-order valence-electron chi connectivity index (χ0n) is 21.9. The summed E-state index contributed by atoms with van der Waals surface area (Å²) < 4.78 is 0. The number of amides is 3. The minimum absolute atomic E-state index is 0. The molecule has 0 saturated heterocycles. The van der Waals surface area contributed by atoms with Gasteiger partial charge in [0.15, 0.2) is 0 Å². The van der Waals surface area contributed by atoms with Crippen LogP contribution in [0.3, 0.4) is 0 Å². The fraction of sp³-hybridized carbons (Fsp3) is 0.912. The van der Waals surface area contributed by atoms with E-state index in [9.17, 15) is 19.5 Å². The largest absolute Gasteiger partial charge is 0.395 e. The van der Waals surface area contributed by atoms with Crippen molar-refractivity contribution in [2.75, 3.05) is 40.3 Å². The number of primary amides is 1.